The van der Waals surface area contributed by atoms with Crippen molar-refractivity contribution in [3.63, 3.8) is 0 Å². The number of hydrogen-bond donors (Lipinski definition) is 2. The van der Waals surface area contributed by atoms with Gasteiger partial charge < -0.3 is 20.5 Å². The molecule has 3 N–H and O–H groups in total. The van der Waals surface area contributed by atoms with Crippen molar-refractivity contribution in [2.24, 2.45) is 11.1 Å². The zero-order chi connectivity index (χ0) is 15.3. The molecular weight excluding hydrogens is 268 g/mol. The molecule has 5 nitrogen and oxygen atoms in total. The summed E-state index contributed by atoms with van der Waals surface area (Å²) in [6.07, 6.45) is 5.05. The van der Waals surface area contributed by atoms with Crippen LogP contribution in [0.5, 0.6) is 11.5 Å². The molecule has 116 valence electrons. The maximum absolute atomic E-state index is 12.6. The summed E-state index contributed by atoms with van der Waals surface area (Å²) in [5.74, 6) is 1.25. The van der Waals surface area contributed by atoms with Crippen LogP contribution in [-0.2, 0) is 4.79 Å². The van der Waals surface area contributed by atoms with Crippen molar-refractivity contribution in [3.05, 3.63) is 18.2 Å². The van der Waals surface area contributed by atoms with Crippen LogP contribution < -0.4 is 20.5 Å². The number of carbonyl (C=O) groups excluding carboxylic acids is 1. The second-order valence-corrected chi connectivity index (χ2v) is 5.57. The predicted octanol–water partition coefficient (Wildman–Crippen LogP) is 2.55. The van der Waals surface area contributed by atoms with Gasteiger partial charge in [0.25, 0.3) is 0 Å². The maximum atomic E-state index is 12.6. The summed E-state index contributed by atoms with van der Waals surface area (Å²) in [5, 5.41) is 2.97. The van der Waals surface area contributed by atoms with Crippen LogP contribution in [0.15, 0.2) is 18.2 Å². The average Bonchev–Trinajstić information content (AvgIpc) is 2.55. The van der Waals surface area contributed by atoms with E-state index in [9.17, 15) is 4.79 Å². The molecule has 5 heteroatoms. The number of rotatable bonds is 5. The van der Waals surface area contributed by atoms with Crippen LogP contribution in [-0.4, -0.2) is 26.7 Å². The van der Waals surface area contributed by atoms with E-state index in [4.69, 9.17) is 15.2 Å². The number of nitrogens with one attached hydrogen (secondary N) is 1. The molecule has 0 spiro atoms. The molecule has 1 aromatic rings. The van der Waals surface area contributed by atoms with Crippen LogP contribution in [0.3, 0.4) is 0 Å². The van der Waals surface area contributed by atoms with Gasteiger partial charge in [-0.15, -0.1) is 0 Å². The summed E-state index contributed by atoms with van der Waals surface area (Å²) in [5.41, 5.74) is 6.17. The SMILES string of the molecule is COc1ccc(NC(=O)C2(CN)CCCCC2)cc1OC. The lowest BCUT2D eigenvalue weighted by molar-refractivity contribution is -0.126. The van der Waals surface area contributed by atoms with Crippen molar-refractivity contribution in [2.75, 3.05) is 26.1 Å². The fourth-order valence-electron chi connectivity index (χ4n) is 2.93. The zero-order valence-electron chi connectivity index (χ0n) is 12.8. The Morgan fingerprint density at radius 2 is 1.86 bits per heavy atom. The topological polar surface area (TPSA) is 73.6 Å². The highest BCUT2D eigenvalue weighted by Crippen LogP contribution is 2.37. The standard InChI is InChI=1S/C16H24N2O3/c1-20-13-7-6-12(10-14(13)21-2)18-15(19)16(11-17)8-4-3-5-9-16/h6-7,10H,3-5,8-9,11,17H2,1-2H3,(H,18,19). The molecular formula is C16H24N2O3. The van der Waals surface area contributed by atoms with Crippen LogP contribution in [0.25, 0.3) is 0 Å². The molecule has 1 aliphatic carbocycles. The van der Waals surface area contributed by atoms with Crippen LogP contribution in [0.4, 0.5) is 5.69 Å². The number of carbonyl (C=O) groups is 1. The Labute approximate surface area is 125 Å². The first-order chi connectivity index (χ1) is 10.1. The lowest BCUT2D eigenvalue weighted by Crippen LogP contribution is -2.43. The Balaban J connectivity index is 2.15. The monoisotopic (exact) mass is 292 g/mol. The molecule has 0 aliphatic heterocycles. The minimum Gasteiger partial charge on any atom is -0.493 e. The zero-order valence-corrected chi connectivity index (χ0v) is 12.8. The van der Waals surface area contributed by atoms with E-state index in [1.54, 1.807) is 26.4 Å². The first kappa shape index (κ1) is 15.6. The predicted molar refractivity (Wildman–Crippen MR) is 82.7 cm³/mol. The molecule has 1 fully saturated rings. The Hall–Kier alpha value is -1.75. The molecule has 0 aromatic heterocycles. The third-order valence-electron chi connectivity index (χ3n) is 4.32. The number of nitrogens with two attached hydrogens (primary N) is 1. The number of ether oxygens (including phenoxy) is 2. The van der Waals surface area contributed by atoms with Gasteiger partial charge in [0, 0.05) is 18.3 Å². The first-order valence-electron chi connectivity index (χ1n) is 7.39. The largest absolute Gasteiger partial charge is 0.493 e. The summed E-state index contributed by atoms with van der Waals surface area (Å²) >= 11 is 0. The molecule has 1 aromatic carbocycles. The Bertz CT molecular complexity index is 496. The molecule has 21 heavy (non-hydrogen) atoms. The Kier molecular flexibility index (Phi) is 5.07. The third kappa shape index (κ3) is 3.29. The van der Waals surface area contributed by atoms with Gasteiger partial charge in [0.05, 0.1) is 19.6 Å². The van der Waals surface area contributed by atoms with Gasteiger partial charge in [0.2, 0.25) is 5.91 Å². The van der Waals surface area contributed by atoms with Crippen LogP contribution in [0.2, 0.25) is 0 Å². The summed E-state index contributed by atoms with van der Waals surface area (Å²) < 4.78 is 10.5. The average molecular weight is 292 g/mol. The molecule has 0 saturated heterocycles. The van der Waals surface area contributed by atoms with Crippen molar-refractivity contribution in [1.29, 1.82) is 0 Å². The Morgan fingerprint density at radius 3 is 2.43 bits per heavy atom. The molecule has 1 amide bonds. The lowest BCUT2D eigenvalue weighted by Gasteiger charge is -2.34. The van der Waals surface area contributed by atoms with Gasteiger partial charge in [0.1, 0.15) is 0 Å². The Morgan fingerprint density at radius 1 is 1.19 bits per heavy atom. The van der Waals surface area contributed by atoms with Gasteiger partial charge in [-0.3, -0.25) is 4.79 Å². The lowest BCUT2D eigenvalue weighted by atomic mass is 9.73. The minimum atomic E-state index is -0.425. The van der Waals surface area contributed by atoms with Crippen molar-refractivity contribution >= 4 is 11.6 Å². The smallest absolute Gasteiger partial charge is 0.231 e. The maximum Gasteiger partial charge on any atom is 0.231 e. The van der Waals surface area contributed by atoms with E-state index in [1.165, 1.54) is 6.42 Å². The second kappa shape index (κ2) is 6.80. The summed E-state index contributed by atoms with van der Waals surface area (Å²) in [6, 6.07) is 5.36. The number of hydrogen-bond acceptors (Lipinski definition) is 4. The van der Waals surface area contributed by atoms with Crippen LogP contribution >= 0.6 is 0 Å². The molecule has 1 aliphatic rings. The van der Waals surface area contributed by atoms with E-state index in [-0.39, 0.29) is 5.91 Å². The highest BCUT2D eigenvalue weighted by Gasteiger charge is 2.38. The molecule has 0 bridgehead atoms. The van der Waals surface area contributed by atoms with Crippen molar-refractivity contribution < 1.29 is 14.3 Å². The second-order valence-electron chi connectivity index (χ2n) is 5.57. The van der Waals surface area contributed by atoms with E-state index in [2.05, 4.69) is 5.32 Å². The highest BCUT2D eigenvalue weighted by molar-refractivity contribution is 5.95. The summed E-state index contributed by atoms with van der Waals surface area (Å²) in [7, 11) is 3.16. The molecule has 0 atom stereocenters. The quantitative estimate of drug-likeness (QED) is 0.874. The molecule has 1 saturated carbocycles. The van der Waals surface area contributed by atoms with Crippen molar-refractivity contribution in [2.45, 2.75) is 32.1 Å². The summed E-state index contributed by atoms with van der Waals surface area (Å²) in [4.78, 5) is 12.6. The third-order valence-corrected chi connectivity index (χ3v) is 4.32. The van der Waals surface area contributed by atoms with Gasteiger partial charge in [-0.05, 0) is 25.0 Å². The first-order valence-corrected chi connectivity index (χ1v) is 7.39. The van der Waals surface area contributed by atoms with Gasteiger partial charge in [-0.1, -0.05) is 19.3 Å². The number of methoxy groups -OCH3 is 2. The summed E-state index contributed by atoms with van der Waals surface area (Å²) in [6.45, 7) is 0.395. The van der Waals surface area contributed by atoms with E-state index >= 15 is 0 Å². The molecule has 0 unspecified atom stereocenters. The number of benzene rings is 1. The number of anilines is 1. The molecule has 0 radical (unpaired) electrons. The van der Waals surface area contributed by atoms with E-state index in [1.807, 2.05) is 6.07 Å². The van der Waals surface area contributed by atoms with Crippen molar-refractivity contribution in [1.82, 2.24) is 0 Å². The molecule has 2 rings (SSSR count). The van der Waals surface area contributed by atoms with Crippen LogP contribution in [0, 0.1) is 5.41 Å². The highest BCUT2D eigenvalue weighted by atomic mass is 16.5. The van der Waals surface area contributed by atoms with Crippen molar-refractivity contribution in [3.8, 4) is 11.5 Å². The fourth-order valence-corrected chi connectivity index (χ4v) is 2.93. The number of amides is 1. The minimum absolute atomic E-state index is 0.0110. The molecule has 0 heterocycles. The van der Waals surface area contributed by atoms with E-state index in [0.29, 0.717) is 23.7 Å². The fraction of sp³-hybridized carbons (Fsp3) is 0.562. The van der Waals surface area contributed by atoms with Gasteiger partial charge in [0.15, 0.2) is 11.5 Å². The van der Waals surface area contributed by atoms with E-state index < -0.39 is 5.41 Å². The van der Waals surface area contributed by atoms with E-state index in [0.717, 1.165) is 25.7 Å². The van der Waals surface area contributed by atoms with Gasteiger partial charge in [-0.2, -0.15) is 0 Å². The van der Waals surface area contributed by atoms with Crippen LogP contribution in [0.1, 0.15) is 32.1 Å². The van der Waals surface area contributed by atoms with Gasteiger partial charge >= 0.3 is 0 Å². The van der Waals surface area contributed by atoms with Gasteiger partial charge in [-0.25, -0.2) is 0 Å². The normalized spacial score (nSPS) is 17.1.